The molecule has 1 rings (SSSR count). The minimum Gasteiger partial charge on any atom is -0.493 e. The summed E-state index contributed by atoms with van der Waals surface area (Å²) in [5.74, 6) is 1.47. The van der Waals surface area contributed by atoms with E-state index in [0.29, 0.717) is 6.54 Å². The van der Waals surface area contributed by atoms with E-state index in [1.54, 1.807) is 13.2 Å². The first kappa shape index (κ1) is 12.6. The van der Waals surface area contributed by atoms with Crippen LogP contribution in [0.1, 0.15) is 12.5 Å². The van der Waals surface area contributed by atoms with E-state index in [2.05, 4.69) is 6.58 Å². The van der Waals surface area contributed by atoms with Crippen LogP contribution in [0, 0.1) is 0 Å². The van der Waals surface area contributed by atoms with Gasteiger partial charge in [-0.2, -0.15) is 0 Å². The molecule has 0 spiro atoms. The molecular formula is C13H19NO2. The molecule has 2 N–H and O–H groups in total. The third kappa shape index (κ3) is 3.28. The summed E-state index contributed by atoms with van der Waals surface area (Å²) in [5, 5.41) is 0. The van der Waals surface area contributed by atoms with Gasteiger partial charge in [0.15, 0.2) is 11.5 Å². The van der Waals surface area contributed by atoms with Gasteiger partial charge in [0.2, 0.25) is 0 Å². The number of hydrogen-bond donors (Lipinski definition) is 1. The quantitative estimate of drug-likeness (QED) is 0.749. The number of ether oxygens (including phenoxy) is 2. The summed E-state index contributed by atoms with van der Waals surface area (Å²) in [4.78, 5) is 0. The van der Waals surface area contributed by atoms with Gasteiger partial charge in [0.05, 0.1) is 7.11 Å². The van der Waals surface area contributed by atoms with Crippen molar-refractivity contribution in [1.29, 1.82) is 0 Å². The second-order valence-corrected chi connectivity index (χ2v) is 3.58. The summed E-state index contributed by atoms with van der Waals surface area (Å²) in [5.41, 5.74) is 6.67. The Bertz CT molecular complexity index is 350. The van der Waals surface area contributed by atoms with E-state index in [0.717, 1.165) is 23.5 Å². The first-order valence-corrected chi connectivity index (χ1v) is 5.37. The molecule has 16 heavy (non-hydrogen) atoms. The molecule has 0 aromatic heterocycles. The van der Waals surface area contributed by atoms with E-state index in [9.17, 15) is 0 Å². The summed E-state index contributed by atoms with van der Waals surface area (Å²) in [6, 6.07) is 5.86. The molecule has 0 saturated heterocycles. The first-order valence-electron chi connectivity index (χ1n) is 5.37. The lowest BCUT2D eigenvalue weighted by atomic mass is 10.1. The van der Waals surface area contributed by atoms with Gasteiger partial charge in [-0.3, -0.25) is 0 Å². The maximum absolute atomic E-state index is 5.69. The van der Waals surface area contributed by atoms with E-state index in [-0.39, 0.29) is 6.10 Å². The van der Waals surface area contributed by atoms with Crippen molar-refractivity contribution in [2.24, 2.45) is 5.73 Å². The Labute approximate surface area is 96.9 Å². The molecule has 1 aromatic rings. The van der Waals surface area contributed by atoms with Crippen LogP contribution in [-0.4, -0.2) is 19.8 Å². The molecule has 3 heteroatoms. The minimum absolute atomic E-state index is 0.0398. The molecule has 0 radical (unpaired) electrons. The number of nitrogens with two attached hydrogens (primary N) is 1. The van der Waals surface area contributed by atoms with Crippen LogP contribution in [-0.2, 0) is 6.42 Å². The predicted octanol–water partition coefficient (Wildman–Crippen LogP) is 2.15. The SMILES string of the molecule is C=CC(C)Oc1cc(CCN)ccc1OC. The van der Waals surface area contributed by atoms with Crippen LogP contribution in [0.25, 0.3) is 0 Å². The third-order valence-electron chi connectivity index (χ3n) is 2.31. The predicted molar refractivity (Wildman–Crippen MR) is 66.0 cm³/mol. The Morgan fingerprint density at radius 2 is 2.19 bits per heavy atom. The molecule has 0 aliphatic rings. The molecule has 1 atom stereocenters. The first-order chi connectivity index (χ1) is 7.71. The molecule has 0 amide bonds. The van der Waals surface area contributed by atoms with Crippen molar-refractivity contribution in [3.05, 3.63) is 36.4 Å². The van der Waals surface area contributed by atoms with E-state index in [1.807, 2.05) is 25.1 Å². The van der Waals surface area contributed by atoms with Crippen molar-refractivity contribution >= 4 is 0 Å². The highest BCUT2D eigenvalue weighted by Crippen LogP contribution is 2.29. The van der Waals surface area contributed by atoms with Gasteiger partial charge in [-0.15, -0.1) is 0 Å². The van der Waals surface area contributed by atoms with E-state index in [4.69, 9.17) is 15.2 Å². The molecule has 3 nitrogen and oxygen atoms in total. The average Bonchev–Trinajstić information content (AvgIpc) is 2.30. The molecule has 88 valence electrons. The van der Waals surface area contributed by atoms with Crippen LogP contribution in [0.4, 0.5) is 0 Å². The summed E-state index contributed by atoms with van der Waals surface area (Å²) in [6.45, 7) is 6.25. The van der Waals surface area contributed by atoms with Gasteiger partial charge in [-0.05, 0) is 37.6 Å². The Morgan fingerprint density at radius 3 is 2.75 bits per heavy atom. The van der Waals surface area contributed by atoms with Crippen molar-refractivity contribution in [2.75, 3.05) is 13.7 Å². The zero-order valence-corrected chi connectivity index (χ0v) is 9.90. The topological polar surface area (TPSA) is 44.5 Å². The highest BCUT2D eigenvalue weighted by Gasteiger charge is 2.07. The zero-order valence-electron chi connectivity index (χ0n) is 9.90. The van der Waals surface area contributed by atoms with Gasteiger partial charge >= 0.3 is 0 Å². The largest absolute Gasteiger partial charge is 0.493 e. The lowest BCUT2D eigenvalue weighted by Gasteiger charge is -2.15. The van der Waals surface area contributed by atoms with Gasteiger partial charge in [-0.25, -0.2) is 0 Å². The molecule has 0 aliphatic heterocycles. The lowest BCUT2D eigenvalue weighted by molar-refractivity contribution is 0.254. The Balaban J connectivity index is 2.92. The highest BCUT2D eigenvalue weighted by molar-refractivity contribution is 5.43. The highest BCUT2D eigenvalue weighted by atomic mass is 16.5. The van der Waals surface area contributed by atoms with Gasteiger partial charge in [0.25, 0.3) is 0 Å². The summed E-state index contributed by atoms with van der Waals surface area (Å²) in [7, 11) is 1.63. The van der Waals surface area contributed by atoms with E-state index in [1.165, 1.54) is 0 Å². The molecule has 0 aliphatic carbocycles. The van der Waals surface area contributed by atoms with E-state index < -0.39 is 0 Å². The van der Waals surface area contributed by atoms with Gasteiger partial charge < -0.3 is 15.2 Å². The van der Waals surface area contributed by atoms with Crippen LogP contribution in [0.2, 0.25) is 0 Å². The van der Waals surface area contributed by atoms with Crippen LogP contribution in [0.15, 0.2) is 30.9 Å². The fourth-order valence-electron chi connectivity index (χ4n) is 1.38. The Morgan fingerprint density at radius 1 is 1.44 bits per heavy atom. The van der Waals surface area contributed by atoms with Crippen molar-refractivity contribution in [2.45, 2.75) is 19.4 Å². The number of rotatable bonds is 6. The summed E-state index contributed by atoms with van der Waals surface area (Å²) < 4.78 is 10.9. The normalized spacial score (nSPS) is 11.9. The van der Waals surface area contributed by atoms with Crippen LogP contribution >= 0.6 is 0 Å². The van der Waals surface area contributed by atoms with Crippen LogP contribution in [0.5, 0.6) is 11.5 Å². The number of benzene rings is 1. The Kier molecular flexibility index (Phi) is 4.86. The molecule has 1 aromatic carbocycles. The fourth-order valence-corrected chi connectivity index (χ4v) is 1.38. The monoisotopic (exact) mass is 221 g/mol. The van der Waals surface area contributed by atoms with Crippen molar-refractivity contribution in [3.63, 3.8) is 0 Å². The average molecular weight is 221 g/mol. The second-order valence-electron chi connectivity index (χ2n) is 3.58. The van der Waals surface area contributed by atoms with Crippen LogP contribution < -0.4 is 15.2 Å². The fraction of sp³-hybridized carbons (Fsp3) is 0.385. The van der Waals surface area contributed by atoms with Gasteiger partial charge in [-0.1, -0.05) is 18.7 Å². The maximum Gasteiger partial charge on any atom is 0.162 e. The zero-order chi connectivity index (χ0) is 12.0. The van der Waals surface area contributed by atoms with E-state index >= 15 is 0 Å². The number of methoxy groups -OCH3 is 1. The van der Waals surface area contributed by atoms with Gasteiger partial charge in [0, 0.05) is 0 Å². The van der Waals surface area contributed by atoms with Crippen molar-refractivity contribution < 1.29 is 9.47 Å². The van der Waals surface area contributed by atoms with Crippen molar-refractivity contribution in [1.82, 2.24) is 0 Å². The standard InChI is InChI=1S/C13H19NO2/c1-4-10(2)16-13-9-11(7-8-14)5-6-12(13)15-3/h4-6,9-10H,1,7-8,14H2,2-3H3. The molecular weight excluding hydrogens is 202 g/mol. The second kappa shape index (κ2) is 6.18. The third-order valence-corrected chi connectivity index (χ3v) is 2.31. The molecule has 0 bridgehead atoms. The summed E-state index contributed by atoms with van der Waals surface area (Å²) in [6.07, 6.45) is 2.54. The molecule has 0 saturated carbocycles. The minimum atomic E-state index is -0.0398. The number of hydrogen-bond acceptors (Lipinski definition) is 3. The lowest BCUT2D eigenvalue weighted by Crippen LogP contribution is -2.09. The Hall–Kier alpha value is -1.48. The van der Waals surface area contributed by atoms with Crippen molar-refractivity contribution in [3.8, 4) is 11.5 Å². The van der Waals surface area contributed by atoms with Crippen LogP contribution in [0.3, 0.4) is 0 Å². The molecule has 0 fully saturated rings. The maximum atomic E-state index is 5.69. The van der Waals surface area contributed by atoms with Gasteiger partial charge in [0.1, 0.15) is 6.10 Å². The summed E-state index contributed by atoms with van der Waals surface area (Å²) >= 11 is 0. The smallest absolute Gasteiger partial charge is 0.162 e. The molecule has 1 unspecified atom stereocenters. The molecule has 0 heterocycles.